The van der Waals surface area contributed by atoms with E-state index in [1.165, 1.54) is 12.8 Å². The van der Waals surface area contributed by atoms with Crippen molar-refractivity contribution in [2.45, 2.75) is 83.5 Å². The number of carbonyl (C=O) groups is 5. The van der Waals surface area contributed by atoms with Gasteiger partial charge >= 0.3 is 0 Å². The van der Waals surface area contributed by atoms with Crippen LogP contribution in [0.5, 0.6) is 0 Å². The van der Waals surface area contributed by atoms with E-state index in [9.17, 15) is 24.0 Å². The first kappa shape index (κ1) is 36.8. The fourth-order valence-electron chi connectivity index (χ4n) is 7.93. The van der Waals surface area contributed by atoms with Crippen molar-refractivity contribution < 1.29 is 24.0 Å². The van der Waals surface area contributed by atoms with Gasteiger partial charge in [-0.25, -0.2) is 4.98 Å². The van der Waals surface area contributed by atoms with E-state index in [1.807, 2.05) is 59.5 Å². The van der Waals surface area contributed by atoms with E-state index in [0.717, 1.165) is 78.2 Å². The van der Waals surface area contributed by atoms with Gasteiger partial charge in [-0.15, -0.1) is 0 Å². The Morgan fingerprint density at radius 3 is 2.57 bits per heavy atom. The van der Waals surface area contributed by atoms with Crippen LogP contribution in [0.1, 0.15) is 95.2 Å². The van der Waals surface area contributed by atoms with Gasteiger partial charge in [-0.2, -0.15) is 5.10 Å². The number of rotatable bonds is 14. The van der Waals surface area contributed by atoms with Crippen molar-refractivity contribution in [2.24, 2.45) is 0 Å². The molecule has 56 heavy (non-hydrogen) atoms. The Balaban J connectivity index is 0.771. The first-order chi connectivity index (χ1) is 27.2. The van der Waals surface area contributed by atoms with Crippen molar-refractivity contribution in [3.63, 3.8) is 0 Å². The van der Waals surface area contributed by atoms with Crippen LogP contribution in [0.3, 0.4) is 0 Å². The molecule has 0 bridgehead atoms. The zero-order chi connectivity index (χ0) is 38.8. The number of hydrogen-bond acceptors (Lipinski definition) is 9. The van der Waals surface area contributed by atoms with Gasteiger partial charge < -0.3 is 15.6 Å². The highest BCUT2D eigenvalue weighted by Gasteiger charge is 2.45. The maximum Gasteiger partial charge on any atom is 0.264 e. The molecule has 5 heterocycles. The number of H-pyrrole nitrogens is 1. The van der Waals surface area contributed by atoms with E-state index in [-0.39, 0.29) is 29.9 Å². The summed E-state index contributed by atoms with van der Waals surface area (Å²) >= 11 is 0. The molecule has 0 aliphatic carbocycles. The van der Waals surface area contributed by atoms with Crippen LogP contribution in [0.4, 0.5) is 11.4 Å². The van der Waals surface area contributed by atoms with E-state index >= 15 is 0 Å². The van der Waals surface area contributed by atoms with E-state index in [2.05, 4.69) is 37.9 Å². The number of amides is 5. The molecular weight excluding hydrogens is 711 g/mol. The van der Waals surface area contributed by atoms with Crippen LogP contribution in [0.25, 0.3) is 22.2 Å². The molecule has 3 aromatic carbocycles. The first-order valence-electron chi connectivity index (χ1n) is 19.5. The summed E-state index contributed by atoms with van der Waals surface area (Å²) in [5, 5.41) is 13.1. The lowest BCUT2D eigenvalue weighted by Crippen LogP contribution is -2.54. The highest BCUT2D eigenvalue weighted by Crippen LogP contribution is 2.32. The summed E-state index contributed by atoms with van der Waals surface area (Å²) in [5.74, 6) is -1.29. The van der Waals surface area contributed by atoms with Gasteiger partial charge in [-0.3, -0.25) is 43.8 Å². The molecule has 0 saturated carbocycles. The Labute approximate surface area is 324 Å². The third-order valence-electron chi connectivity index (χ3n) is 11.0. The monoisotopic (exact) mass is 755 g/mol. The van der Waals surface area contributed by atoms with Gasteiger partial charge in [0.25, 0.3) is 17.7 Å². The van der Waals surface area contributed by atoms with Gasteiger partial charge in [0.2, 0.25) is 11.8 Å². The van der Waals surface area contributed by atoms with Gasteiger partial charge in [0, 0.05) is 54.3 Å². The third kappa shape index (κ3) is 7.69. The Hall–Kier alpha value is -6.15. The average molecular weight is 756 g/mol. The van der Waals surface area contributed by atoms with Crippen molar-refractivity contribution in [1.82, 2.24) is 34.9 Å². The lowest BCUT2D eigenvalue weighted by atomic mass is 10.0. The minimum Gasteiger partial charge on any atom is -0.384 e. The van der Waals surface area contributed by atoms with Gasteiger partial charge in [0.05, 0.1) is 34.9 Å². The molecule has 1 unspecified atom stereocenters. The summed E-state index contributed by atoms with van der Waals surface area (Å²) in [6.07, 6.45) is 10.3. The van der Waals surface area contributed by atoms with Crippen LogP contribution < -0.4 is 16.0 Å². The molecule has 288 valence electrons. The van der Waals surface area contributed by atoms with Crippen molar-refractivity contribution in [3.05, 3.63) is 95.6 Å². The van der Waals surface area contributed by atoms with Crippen LogP contribution in [0, 0.1) is 0 Å². The SMILES string of the molecule is C[C@H]1CCCN1Cc1nc2ccc(NC(=O)c3ccc(-c4cnn(CCCCCCNc5cccc6c5C(=O)N(C5CCC(=O)NC5=O)C6=O)c4)cc3)cc2[nH]1. The Kier molecular flexibility index (Phi) is 10.5. The van der Waals surface area contributed by atoms with Crippen LogP contribution in [-0.4, -0.2) is 84.3 Å². The minimum atomic E-state index is -0.990. The number of unbranched alkanes of at least 4 members (excludes halogenated alkanes) is 3. The highest BCUT2D eigenvalue weighted by molar-refractivity contribution is 6.25. The maximum absolute atomic E-state index is 13.3. The van der Waals surface area contributed by atoms with E-state index in [0.29, 0.717) is 29.5 Å². The molecule has 2 fully saturated rings. The Morgan fingerprint density at radius 2 is 1.77 bits per heavy atom. The molecule has 2 atom stereocenters. The Bertz CT molecular complexity index is 2310. The number of aromatic amines is 1. The molecule has 5 aromatic rings. The number of imidazole rings is 1. The van der Waals surface area contributed by atoms with Gasteiger partial charge in [0.15, 0.2) is 0 Å². The number of fused-ring (bicyclic) bond motifs is 2. The lowest BCUT2D eigenvalue weighted by molar-refractivity contribution is -0.136. The summed E-state index contributed by atoms with van der Waals surface area (Å²) < 4.78 is 1.93. The number of nitrogens with one attached hydrogen (secondary N) is 4. The molecule has 14 nitrogen and oxygen atoms in total. The molecule has 14 heteroatoms. The lowest BCUT2D eigenvalue weighted by Gasteiger charge is -2.27. The number of aryl methyl sites for hydroxylation is 1. The standard InChI is InChI=1S/C42H45N9O5/c1-26-8-7-20-49(26)25-36-46-32-16-15-30(22-34(32)47-36)45-39(53)28-13-11-27(12-14-28)29-23-44-50(24-29)21-5-3-2-4-19-43-33-10-6-9-31-38(33)42(56)51(41(31)55)35-17-18-37(52)48-40(35)54/h6,9-16,22-24,26,35,43H,2-5,7-8,17-21,25H2,1H3,(H,45,53)(H,46,47)(H,48,52,54)/t26-,35?/m0/s1. The van der Waals surface area contributed by atoms with E-state index in [4.69, 9.17) is 4.98 Å². The predicted molar refractivity (Wildman–Crippen MR) is 211 cm³/mol. The number of aromatic nitrogens is 4. The second-order valence-corrected chi connectivity index (χ2v) is 14.9. The molecule has 8 rings (SSSR count). The molecular formula is C42H45N9O5. The van der Waals surface area contributed by atoms with Crippen molar-refractivity contribution in [2.75, 3.05) is 23.7 Å². The smallest absolute Gasteiger partial charge is 0.264 e. The number of piperidine rings is 1. The Morgan fingerprint density at radius 1 is 0.929 bits per heavy atom. The number of likely N-dealkylation sites (tertiary alicyclic amines) is 1. The van der Waals surface area contributed by atoms with Gasteiger partial charge in [-0.05, 0) is 93.6 Å². The highest BCUT2D eigenvalue weighted by atomic mass is 16.2. The quantitative estimate of drug-likeness (QED) is 0.0815. The summed E-state index contributed by atoms with van der Waals surface area (Å²) in [6.45, 7) is 5.54. The van der Waals surface area contributed by atoms with Gasteiger partial charge in [-0.1, -0.05) is 31.0 Å². The summed E-state index contributed by atoms with van der Waals surface area (Å²) in [5.41, 5.74) is 6.12. The predicted octanol–water partition coefficient (Wildman–Crippen LogP) is 5.74. The van der Waals surface area contributed by atoms with Gasteiger partial charge in [0.1, 0.15) is 11.9 Å². The van der Waals surface area contributed by atoms with E-state index in [1.54, 1.807) is 18.2 Å². The minimum absolute atomic E-state index is 0.0814. The van der Waals surface area contributed by atoms with Crippen LogP contribution >= 0.6 is 0 Å². The van der Waals surface area contributed by atoms with Crippen LogP contribution in [0.15, 0.2) is 73.1 Å². The van der Waals surface area contributed by atoms with E-state index < -0.39 is 29.7 Å². The third-order valence-corrected chi connectivity index (χ3v) is 11.0. The summed E-state index contributed by atoms with van der Waals surface area (Å²) in [6, 6.07) is 17.9. The molecule has 2 aromatic heterocycles. The van der Waals surface area contributed by atoms with Crippen LogP contribution in [0.2, 0.25) is 0 Å². The first-order valence-corrected chi connectivity index (χ1v) is 19.5. The number of benzene rings is 3. The average Bonchev–Trinajstić information content (AvgIpc) is 3.98. The number of hydrogen-bond donors (Lipinski definition) is 4. The van der Waals surface area contributed by atoms with Crippen LogP contribution in [-0.2, 0) is 22.7 Å². The number of carbonyl (C=O) groups excluding carboxylic acids is 5. The molecule has 4 N–H and O–H groups in total. The van der Waals surface area contributed by atoms with Crippen molar-refractivity contribution >= 4 is 51.9 Å². The number of nitrogens with zero attached hydrogens (tertiary/aromatic N) is 5. The normalized spacial score (nSPS) is 18.5. The maximum atomic E-state index is 13.3. The zero-order valence-electron chi connectivity index (χ0n) is 31.3. The summed E-state index contributed by atoms with van der Waals surface area (Å²) in [4.78, 5) is 75.1. The molecule has 3 aliphatic heterocycles. The molecule has 0 radical (unpaired) electrons. The number of imide groups is 2. The van der Waals surface area contributed by atoms with Crippen molar-refractivity contribution in [1.29, 1.82) is 0 Å². The molecule has 2 saturated heterocycles. The largest absolute Gasteiger partial charge is 0.384 e. The second-order valence-electron chi connectivity index (χ2n) is 14.9. The fourth-order valence-corrected chi connectivity index (χ4v) is 7.93. The number of anilines is 2. The zero-order valence-corrected chi connectivity index (χ0v) is 31.3. The molecule has 3 aliphatic rings. The van der Waals surface area contributed by atoms with Crippen molar-refractivity contribution in [3.8, 4) is 11.1 Å². The topological polar surface area (TPSA) is 174 Å². The fraction of sp³-hybridized carbons (Fsp3) is 0.357. The molecule has 0 spiro atoms. The summed E-state index contributed by atoms with van der Waals surface area (Å²) in [7, 11) is 0. The molecule has 5 amide bonds. The second kappa shape index (κ2) is 15.9.